The summed E-state index contributed by atoms with van der Waals surface area (Å²) in [5, 5.41) is 13.3. The summed E-state index contributed by atoms with van der Waals surface area (Å²) in [7, 11) is 3.01. The SMILES string of the molecule is COCc1c(-c2cc(-c3cc(F)c(C(=O)O)cc3OC)no2)ccc(-c2ccccc2)c1C. The van der Waals surface area contributed by atoms with Gasteiger partial charge in [-0.25, -0.2) is 9.18 Å². The van der Waals surface area contributed by atoms with E-state index < -0.39 is 17.3 Å². The van der Waals surface area contributed by atoms with E-state index in [0.717, 1.165) is 39.9 Å². The molecule has 0 radical (unpaired) electrons. The average Bonchev–Trinajstić information content (AvgIpc) is 3.30. The van der Waals surface area contributed by atoms with E-state index >= 15 is 0 Å². The van der Waals surface area contributed by atoms with E-state index in [2.05, 4.69) is 5.16 Å². The van der Waals surface area contributed by atoms with Crippen LogP contribution in [0.1, 0.15) is 21.5 Å². The lowest BCUT2D eigenvalue weighted by atomic mass is 9.92. The van der Waals surface area contributed by atoms with Crippen LogP contribution in [0.4, 0.5) is 4.39 Å². The second-order valence-corrected chi connectivity index (χ2v) is 7.48. The van der Waals surface area contributed by atoms with Crippen molar-refractivity contribution in [3.05, 3.63) is 83.2 Å². The van der Waals surface area contributed by atoms with Crippen molar-refractivity contribution in [2.75, 3.05) is 14.2 Å². The molecule has 3 aromatic carbocycles. The molecule has 0 spiro atoms. The number of aromatic carboxylic acids is 1. The van der Waals surface area contributed by atoms with Crippen molar-refractivity contribution in [2.24, 2.45) is 0 Å². The quantitative estimate of drug-likeness (QED) is 0.376. The number of hydrogen-bond donors (Lipinski definition) is 1. The van der Waals surface area contributed by atoms with Gasteiger partial charge in [0.2, 0.25) is 0 Å². The van der Waals surface area contributed by atoms with Gasteiger partial charge in [0.15, 0.2) is 5.76 Å². The Morgan fingerprint density at radius 3 is 2.42 bits per heavy atom. The van der Waals surface area contributed by atoms with Gasteiger partial charge < -0.3 is 19.1 Å². The molecule has 0 fully saturated rings. The van der Waals surface area contributed by atoms with Gasteiger partial charge in [0.1, 0.15) is 17.3 Å². The second-order valence-electron chi connectivity index (χ2n) is 7.48. The van der Waals surface area contributed by atoms with E-state index in [1.54, 1.807) is 13.2 Å². The lowest BCUT2D eigenvalue weighted by Gasteiger charge is -2.15. The van der Waals surface area contributed by atoms with Crippen LogP contribution in [0.15, 0.2) is 65.2 Å². The maximum atomic E-state index is 14.3. The fraction of sp³-hybridized carbons (Fsp3) is 0.154. The summed E-state index contributed by atoms with van der Waals surface area (Å²) in [5.74, 6) is -1.60. The van der Waals surface area contributed by atoms with Crippen LogP contribution in [0.3, 0.4) is 0 Å². The molecule has 33 heavy (non-hydrogen) atoms. The van der Waals surface area contributed by atoms with Gasteiger partial charge in [0, 0.05) is 24.3 Å². The summed E-state index contributed by atoms with van der Waals surface area (Å²) in [6.07, 6.45) is 0. The molecule has 0 aliphatic rings. The van der Waals surface area contributed by atoms with Crippen LogP contribution in [0, 0.1) is 12.7 Å². The zero-order chi connectivity index (χ0) is 23.5. The van der Waals surface area contributed by atoms with Crippen LogP contribution in [-0.2, 0) is 11.3 Å². The van der Waals surface area contributed by atoms with E-state index in [0.29, 0.717) is 23.6 Å². The lowest BCUT2D eigenvalue weighted by Crippen LogP contribution is -2.02. The highest BCUT2D eigenvalue weighted by Gasteiger charge is 2.21. The van der Waals surface area contributed by atoms with E-state index in [-0.39, 0.29) is 5.75 Å². The maximum Gasteiger partial charge on any atom is 0.338 e. The van der Waals surface area contributed by atoms with Gasteiger partial charge in [-0.05, 0) is 41.3 Å². The molecule has 0 unspecified atom stereocenters. The zero-order valence-corrected chi connectivity index (χ0v) is 18.4. The number of rotatable bonds is 7. The predicted octanol–water partition coefficient (Wildman–Crippen LogP) is 5.98. The molecule has 168 valence electrons. The van der Waals surface area contributed by atoms with Gasteiger partial charge in [0.05, 0.1) is 19.3 Å². The van der Waals surface area contributed by atoms with Gasteiger partial charge in [-0.2, -0.15) is 0 Å². The number of carboxylic acid groups (broad SMARTS) is 1. The van der Waals surface area contributed by atoms with Gasteiger partial charge in [-0.3, -0.25) is 0 Å². The number of halogens is 1. The van der Waals surface area contributed by atoms with Crippen LogP contribution in [0.25, 0.3) is 33.7 Å². The first-order valence-electron chi connectivity index (χ1n) is 10.2. The molecule has 0 aliphatic carbocycles. The molecule has 4 aromatic rings. The predicted molar refractivity (Wildman–Crippen MR) is 122 cm³/mol. The molecule has 1 heterocycles. The number of benzene rings is 3. The molecule has 1 N–H and O–H groups in total. The van der Waals surface area contributed by atoms with Crippen molar-refractivity contribution in [3.8, 4) is 39.5 Å². The number of nitrogens with zero attached hydrogens (tertiary/aromatic N) is 1. The van der Waals surface area contributed by atoms with Crippen LogP contribution in [0.5, 0.6) is 5.75 Å². The standard InChI is InChI=1S/C26H22FNO5/c1-15-17(16-7-5-4-6-8-16)9-10-18(21(15)14-31-2)25-13-23(28-33-25)20-11-22(27)19(26(29)30)12-24(20)32-3/h4-13H,14H2,1-3H3,(H,29,30). The van der Waals surface area contributed by atoms with Crippen LogP contribution in [0.2, 0.25) is 0 Å². The Bertz CT molecular complexity index is 1310. The Labute approximate surface area is 190 Å². The fourth-order valence-electron chi connectivity index (χ4n) is 3.86. The van der Waals surface area contributed by atoms with Crippen molar-refractivity contribution in [1.82, 2.24) is 5.16 Å². The number of carbonyl (C=O) groups is 1. The maximum absolute atomic E-state index is 14.3. The Kier molecular flexibility index (Phi) is 6.24. The molecule has 0 saturated heterocycles. The Balaban J connectivity index is 1.80. The normalized spacial score (nSPS) is 10.9. The van der Waals surface area contributed by atoms with Crippen LogP contribution >= 0.6 is 0 Å². The van der Waals surface area contributed by atoms with Crippen molar-refractivity contribution < 1.29 is 28.3 Å². The number of ether oxygens (including phenoxy) is 2. The van der Waals surface area contributed by atoms with Gasteiger partial charge in [-0.15, -0.1) is 0 Å². The number of methoxy groups -OCH3 is 2. The highest BCUT2D eigenvalue weighted by Crippen LogP contribution is 2.37. The minimum absolute atomic E-state index is 0.182. The van der Waals surface area contributed by atoms with Gasteiger partial charge in [0.25, 0.3) is 0 Å². The number of aromatic nitrogens is 1. The minimum Gasteiger partial charge on any atom is -0.496 e. The summed E-state index contributed by atoms with van der Waals surface area (Å²) in [6, 6.07) is 17.9. The Hall–Kier alpha value is -3.97. The molecule has 0 saturated carbocycles. The summed E-state index contributed by atoms with van der Waals surface area (Å²) >= 11 is 0. The average molecular weight is 447 g/mol. The third-order valence-corrected chi connectivity index (χ3v) is 5.54. The summed E-state index contributed by atoms with van der Waals surface area (Å²) < 4.78 is 30.7. The molecule has 0 atom stereocenters. The third-order valence-electron chi connectivity index (χ3n) is 5.54. The molecule has 0 bridgehead atoms. The van der Waals surface area contributed by atoms with E-state index in [9.17, 15) is 14.3 Å². The third kappa shape index (κ3) is 4.23. The van der Waals surface area contributed by atoms with Crippen molar-refractivity contribution >= 4 is 5.97 Å². The van der Waals surface area contributed by atoms with E-state index in [1.165, 1.54) is 7.11 Å². The first-order valence-corrected chi connectivity index (χ1v) is 10.2. The fourth-order valence-corrected chi connectivity index (χ4v) is 3.86. The molecule has 0 aliphatic heterocycles. The van der Waals surface area contributed by atoms with Crippen molar-refractivity contribution in [2.45, 2.75) is 13.5 Å². The number of hydrogen-bond acceptors (Lipinski definition) is 5. The van der Waals surface area contributed by atoms with Crippen LogP contribution in [-0.4, -0.2) is 30.5 Å². The van der Waals surface area contributed by atoms with Crippen LogP contribution < -0.4 is 4.74 Å². The molecule has 6 nitrogen and oxygen atoms in total. The molecule has 0 amide bonds. The lowest BCUT2D eigenvalue weighted by molar-refractivity contribution is 0.0691. The van der Waals surface area contributed by atoms with E-state index in [1.807, 2.05) is 49.4 Å². The summed E-state index contributed by atoms with van der Waals surface area (Å²) in [5.41, 5.74) is 5.11. The molecule has 4 rings (SSSR count). The van der Waals surface area contributed by atoms with Crippen molar-refractivity contribution in [3.63, 3.8) is 0 Å². The molecule has 1 aromatic heterocycles. The van der Waals surface area contributed by atoms with E-state index in [4.69, 9.17) is 14.0 Å². The van der Waals surface area contributed by atoms with Gasteiger partial charge in [-0.1, -0.05) is 47.6 Å². The van der Waals surface area contributed by atoms with Crippen molar-refractivity contribution in [1.29, 1.82) is 0 Å². The zero-order valence-electron chi connectivity index (χ0n) is 18.4. The summed E-state index contributed by atoms with van der Waals surface area (Å²) in [4.78, 5) is 11.2. The first kappa shape index (κ1) is 22.2. The molecule has 7 heteroatoms. The molecular formula is C26H22FNO5. The highest BCUT2D eigenvalue weighted by molar-refractivity contribution is 5.90. The highest BCUT2D eigenvalue weighted by atomic mass is 19.1. The first-order chi connectivity index (χ1) is 15.9. The number of carboxylic acids is 1. The minimum atomic E-state index is -1.38. The smallest absolute Gasteiger partial charge is 0.338 e. The summed E-state index contributed by atoms with van der Waals surface area (Å²) in [6.45, 7) is 2.39. The Morgan fingerprint density at radius 2 is 1.76 bits per heavy atom. The van der Waals surface area contributed by atoms with Gasteiger partial charge >= 0.3 is 5.97 Å². The topological polar surface area (TPSA) is 81.8 Å². The molecular weight excluding hydrogens is 425 g/mol. The monoisotopic (exact) mass is 447 g/mol. The largest absolute Gasteiger partial charge is 0.496 e. The second kappa shape index (κ2) is 9.26. The Morgan fingerprint density at radius 1 is 1.03 bits per heavy atom.